The van der Waals surface area contributed by atoms with Crippen LogP contribution in [0.4, 0.5) is 5.69 Å². The summed E-state index contributed by atoms with van der Waals surface area (Å²) in [5, 5.41) is 20.0. The van der Waals surface area contributed by atoms with Gasteiger partial charge in [0.15, 0.2) is 0 Å². The van der Waals surface area contributed by atoms with Crippen LogP contribution >= 0.6 is 0 Å². The summed E-state index contributed by atoms with van der Waals surface area (Å²) in [7, 11) is 0. The third-order valence-corrected chi connectivity index (χ3v) is 5.73. The highest BCUT2D eigenvalue weighted by Gasteiger charge is 2.37. The van der Waals surface area contributed by atoms with E-state index >= 15 is 0 Å². The molecule has 2 N–H and O–H groups in total. The van der Waals surface area contributed by atoms with Gasteiger partial charge in [0.1, 0.15) is 0 Å². The Labute approximate surface area is 156 Å². The van der Waals surface area contributed by atoms with E-state index in [0.717, 1.165) is 32.7 Å². The number of hydrogen-bond acceptors (Lipinski definition) is 5. The lowest BCUT2D eigenvalue weighted by Crippen LogP contribution is -2.55. The highest BCUT2D eigenvalue weighted by molar-refractivity contribution is 5.76. The standard InChI is InChI=1S/C20H31N3O3/c1-16-4-3-5-17(14-16)22-12-10-21(11-13-22)8-6-19(25)23-9-7-20(2,26)18(24)15-23/h3-5,14,18,24,26H,6-13,15H2,1-2H3/t18-,20-/m1/s1. The van der Waals surface area contributed by atoms with Crippen molar-refractivity contribution in [2.24, 2.45) is 0 Å². The van der Waals surface area contributed by atoms with Gasteiger partial charge in [-0.15, -0.1) is 0 Å². The summed E-state index contributed by atoms with van der Waals surface area (Å²) in [6.07, 6.45) is 0.0343. The van der Waals surface area contributed by atoms with Crippen molar-refractivity contribution in [1.29, 1.82) is 0 Å². The van der Waals surface area contributed by atoms with E-state index in [1.54, 1.807) is 11.8 Å². The van der Waals surface area contributed by atoms with Gasteiger partial charge in [-0.3, -0.25) is 9.69 Å². The third-order valence-electron chi connectivity index (χ3n) is 5.73. The van der Waals surface area contributed by atoms with Crippen LogP contribution in [0.2, 0.25) is 0 Å². The maximum absolute atomic E-state index is 12.4. The van der Waals surface area contributed by atoms with E-state index in [1.807, 2.05) is 0 Å². The first-order valence-corrected chi connectivity index (χ1v) is 9.57. The van der Waals surface area contributed by atoms with E-state index in [-0.39, 0.29) is 12.5 Å². The van der Waals surface area contributed by atoms with E-state index in [9.17, 15) is 15.0 Å². The number of amides is 1. The number of aliphatic hydroxyl groups is 2. The predicted molar refractivity (Wildman–Crippen MR) is 102 cm³/mol. The van der Waals surface area contributed by atoms with E-state index in [2.05, 4.69) is 41.0 Å². The second kappa shape index (κ2) is 7.94. The Bertz CT molecular complexity index is 626. The molecule has 2 aliphatic rings. The van der Waals surface area contributed by atoms with Crippen LogP contribution in [0.5, 0.6) is 0 Å². The SMILES string of the molecule is Cc1cccc(N2CCN(CCC(=O)N3CC[C@@](C)(O)[C@H](O)C3)CC2)c1. The summed E-state index contributed by atoms with van der Waals surface area (Å²) in [6.45, 7) is 9.11. The number of benzene rings is 1. The molecule has 0 saturated carbocycles. The highest BCUT2D eigenvalue weighted by atomic mass is 16.3. The van der Waals surface area contributed by atoms with Crippen molar-refractivity contribution in [3.63, 3.8) is 0 Å². The number of rotatable bonds is 4. The Hall–Kier alpha value is -1.63. The zero-order valence-corrected chi connectivity index (χ0v) is 15.9. The van der Waals surface area contributed by atoms with E-state index in [4.69, 9.17) is 0 Å². The first-order chi connectivity index (χ1) is 12.3. The third kappa shape index (κ3) is 4.55. The minimum atomic E-state index is -1.08. The largest absolute Gasteiger partial charge is 0.388 e. The zero-order valence-electron chi connectivity index (χ0n) is 15.9. The van der Waals surface area contributed by atoms with E-state index in [1.165, 1.54) is 11.3 Å². The lowest BCUT2D eigenvalue weighted by Gasteiger charge is -2.40. The van der Waals surface area contributed by atoms with Crippen LogP contribution in [0.25, 0.3) is 0 Å². The molecule has 0 unspecified atom stereocenters. The van der Waals surface area contributed by atoms with Crippen molar-refractivity contribution in [1.82, 2.24) is 9.80 Å². The summed E-state index contributed by atoms with van der Waals surface area (Å²) in [6, 6.07) is 8.58. The molecule has 6 heteroatoms. The number of aliphatic hydroxyl groups excluding tert-OH is 1. The monoisotopic (exact) mass is 361 g/mol. The molecule has 0 aliphatic carbocycles. The van der Waals surface area contributed by atoms with Crippen LogP contribution in [0.1, 0.15) is 25.3 Å². The Morgan fingerprint density at radius 2 is 1.96 bits per heavy atom. The molecule has 0 aromatic heterocycles. The zero-order chi connectivity index (χ0) is 18.7. The summed E-state index contributed by atoms with van der Waals surface area (Å²) in [5.74, 6) is 0.0701. The van der Waals surface area contributed by atoms with Gasteiger partial charge in [-0.25, -0.2) is 0 Å². The number of likely N-dealkylation sites (tertiary alicyclic amines) is 1. The number of piperazine rings is 1. The Morgan fingerprint density at radius 3 is 2.62 bits per heavy atom. The summed E-state index contributed by atoms with van der Waals surface area (Å²) in [5.41, 5.74) is 1.47. The molecule has 1 amide bonds. The Kier molecular flexibility index (Phi) is 5.85. The first-order valence-electron chi connectivity index (χ1n) is 9.57. The van der Waals surface area contributed by atoms with Crippen LogP contribution < -0.4 is 4.90 Å². The van der Waals surface area contributed by atoms with Crippen molar-refractivity contribution >= 4 is 11.6 Å². The molecular weight excluding hydrogens is 330 g/mol. The molecule has 2 saturated heterocycles. The molecule has 1 aromatic carbocycles. The van der Waals surface area contributed by atoms with Crippen LogP contribution in [-0.2, 0) is 4.79 Å². The van der Waals surface area contributed by atoms with Gasteiger partial charge in [-0.2, -0.15) is 0 Å². The Balaban J connectivity index is 1.42. The molecule has 0 spiro atoms. The number of hydrogen-bond donors (Lipinski definition) is 2. The van der Waals surface area contributed by atoms with Crippen molar-refractivity contribution in [3.8, 4) is 0 Å². The second-order valence-corrected chi connectivity index (χ2v) is 7.88. The van der Waals surface area contributed by atoms with Gasteiger partial charge in [0.2, 0.25) is 5.91 Å². The van der Waals surface area contributed by atoms with Crippen LogP contribution in [0.3, 0.4) is 0 Å². The van der Waals surface area contributed by atoms with Gasteiger partial charge >= 0.3 is 0 Å². The fourth-order valence-electron chi connectivity index (χ4n) is 3.72. The predicted octanol–water partition coefficient (Wildman–Crippen LogP) is 0.851. The summed E-state index contributed by atoms with van der Waals surface area (Å²) >= 11 is 0. The van der Waals surface area contributed by atoms with Crippen molar-refractivity contribution < 1.29 is 15.0 Å². The number of anilines is 1. The van der Waals surface area contributed by atoms with Crippen LogP contribution in [0.15, 0.2) is 24.3 Å². The molecule has 0 bridgehead atoms. The maximum atomic E-state index is 12.4. The van der Waals surface area contributed by atoms with Gasteiger partial charge in [-0.05, 0) is 38.0 Å². The minimum absolute atomic E-state index is 0.0701. The fraction of sp³-hybridized carbons (Fsp3) is 0.650. The number of nitrogens with zero attached hydrogens (tertiary/aromatic N) is 3. The quantitative estimate of drug-likeness (QED) is 0.832. The van der Waals surface area contributed by atoms with Gasteiger partial charge < -0.3 is 20.0 Å². The average molecular weight is 361 g/mol. The van der Waals surface area contributed by atoms with E-state index < -0.39 is 11.7 Å². The number of aryl methyl sites for hydroxylation is 1. The normalized spacial score (nSPS) is 27.6. The summed E-state index contributed by atoms with van der Waals surface area (Å²) in [4.78, 5) is 18.8. The topological polar surface area (TPSA) is 67.2 Å². The highest BCUT2D eigenvalue weighted by Crippen LogP contribution is 2.22. The second-order valence-electron chi connectivity index (χ2n) is 7.88. The molecule has 6 nitrogen and oxygen atoms in total. The fourth-order valence-corrected chi connectivity index (χ4v) is 3.72. The van der Waals surface area contributed by atoms with Gasteiger partial charge in [-0.1, -0.05) is 12.1 Å². The van der Waals surface area contributed by atoms with E-state index in [0.29, 0.717) is 19.4 Å². The Morgan fingerprint density at radius 1 is 1.23 bits per heavy atom. The molecule has 144 valence electrons. The van der Waals surface area contributed by atoms with Crippen molar-refractivity contribution in [2.75, 3.05) is 50.7 Å². The van der Waals surface area contributed by atoms with Crippen LogP contribution in [-0.4, -0.2) is 83.4 Å². The molecule has 3 rings (SSSR count). The summed E-state index contributed by atoms with van der Waals surface area (Å²) < 4.78 is 0. The smallest absolute Gasteiger partial charge is 0.223 e. The average Bonchev–Trinajstić information content (AvgIpc) is 2.62. The lowest BCUT2D eigenvalue weighted by molar-refractivity contribution is -0.146. The first kappa shape index (κ1) is 19.1. The molecular formula is C20H31N3O3. The van der Waals surface area contributed by atoms with Gasteiger partial charge in [0.25, 0.3) is 0 Å². The number of carbonyl (C=O) groups excluding carboxylic acids is 1. The number of piperidine rings is 1. The molecule has 26 heavy (non-hydrogen) atoms. The number of carbonyl (C=O) groups is 1. The number of β-amino-alcohol motifs (C(OH)–C–C–N with tert-alkyl or cyclic N) is 1. The maximum Gasteiger partial charge on any atom is 0.223 e. The molecule has 2 atom stereocenters. The van der Waals surface area contributed by atoms with Gasteiger partial charge in [0.05, 0.1) is 11.7 Å². The lowest BCUT2D eigenvalue weighted by atomic mass is 9.90. The molecule has 2 aliphatic heterocycles. The molecule has 0 radical (unpaired) electrons. The van der Waals surface area contributed by atoms with Crippen molar-refractivity contribution in [3.05, 3.63) is 29.8 Å². The van der Waals surface area contributed by atoms with Crippen LogP contribution in [0, 0.1) is 6.92 Å². The minimum Gasteiger partial charge on any atom is -0.388 e. The van der Waals surface area contributed by atoms with Crippen molar-refractivity contribution in [2.45, 2.75) is 38.4 Å². The van der Waals surface area contributed by atoms with Gasteiger partial charge in [0, 0.05) is 57.9 Å². The molecule has 2 fully saturated rings. The molecule has 1 aromatic rings. The molecule has 2 heterocycles.